The molecule has 0 aliphatic heterocycles. The van der Waals surface area contributed by atoms with E-state index in [9.17, 15) is 0 Å². The van der Waals surface area contributed by atoms with Gasteiger partial charge in [-0.05, 0) is 53.9 Å². The van der Waals surface area contributed by atoms with Crippen molar-refractivity contribution in [1.29, 1.82) is 0 Å². The van der Waals surface area contributed by atoms with Crippen molar-refractivity contribution in [1.82, 2.24) is 0 Å². The quantitative estimate of drug-likeness (QED) is 0.841. The normalized spacial score (nSPS) is 15.6. The van der Waals surface area contributed by atoms with E-state index in [1.165, 1.54) is 18.5 Å². The van der Waals surface area contributed by atoms with Gasteiger partial charge in [-0.3, -0.25) is 0 Å². The largest absolute Gasteiger partial charge is 0.399 e. The van der Waals surface area contributed by atoms with Crippen molar-refractivity contribution in [2.45, 2.75) is 25.8 Å². The Bertz CT molecular complexity index is 334. The van der Waals surface area contributed by atoms with E-state index in [0.717, 1.165) is 22.7 Å². The Balaban J connectivity index is 2.29. The zero-order valence-electron chi connectivity index (χ0n) is 8.33. The molecule has 14 heavy (non-hydrogen) atoms. The molecule has 1 saturated carbocycles. The van der Waals surface area contributed by atoms with Crippen LogP contribution in [-0.2, 0) is 0 Å². The molecule has 0 heterocycles. The summed E-state index contributed by atoms with van der Waals surface area (Å²) in [6, 6.07) is 6.78. The van der Waals surface area contributed by atoms with Crippen molar-refractivity contribution < 1.29 is 0 Å². The molecule has 76 valence electrons. The van der Waals surface area contributed by atoms with Gasteiger partial charge in [-0.25, -0.2) is 0 Å². The fourth-order valence-corrected chi connectivity index (χ4v) is 2.39. The SMILES string of the molecule is CCN(c1ccc(N)cc1Br)C1CC1. The van der Waals surface area contributed by atoms with Gasteiger partial charge in [0.25, 0.3) is 0 Å². The second-order valence-corrected chi connectivity index (χ2v) is 4.58. The molecule has 1 aromatic rings. The molecule has 1 aromatic carbocycles. The molecule has 2 nitrogen and oxygen atoms in total. The summed E-state index contributed by atoms with van der Waals surface area (Å²) in [5.74, 6) is 0. The maximum absolute atomic E-state index is 5.71. The van der Waals surface area contributed by atoms with Crippen LogP contribution in [0.5, 0.6) is 0 Å². The van der Waals surface area contributed by atoms with E-state index in [-0.39, 0.29) is 0 Å². The fourth-order valence-electron chi connectivity index (χ4n) is 1.77. The maximum Gasteiger partial charge on any atom is 0.0514 e. The third-order valence-corrected chi connectivity index (χ3v) is 3.24. The van der Waals surface area contributed by atoms with Crippen molar-refractivity contribution in [2.75, 3.05) is 17.2 Å². The van der Waals surface area contributed by atoms with Gasteiger partial charge in [-0.2, -0.15) is 0 Å². The monoisotopic (exact) mass is 254 g/mol. The average Bonchev–Trinajstić information content (AvgIpc) is 2.93. The van der Waals surface area contributed by atoms with Crippen LogP contribution in [0.4, 0.5) is 11.4 Å². The van der Waals surface area contributed by atoms with Crippen LogP contribution in [0.2, 0.25) is 0 Å². The van der Waals surface area contributed by atoms with Crippen LogP contribution in [-0.4, -0.2) is 12.6 Å². The molecule has 0 aromatic heterocycles. The Hall–Kier alpha value is -0.700. The summed E-state index contributed by atoms with van der Waals surface area (Å²) in [6.07, 6.45) is 2.65. The van der Waals surface area contributed by atoms with Crippen molar-refractivity contribution in [2.24, 2.45) is 0 Å². The third kappa shape index (κ3) is 1.87. The lowest BCUT2D eigenvalue weighted by atomic mass is 10.2. The lowest BCUT2D eigenvalue weighted by molar-refractivity contribution is 0.824. The molecule has 0 spiro atoms. The van der Waals surface area contributed by atoms with Crippen LogP contribution >= 0.6 is 15.9 Å². The zero-order chi connectivity index (χ0) is 10.1. The van der Waals surface area contributed by atoms with E-state index in [0.29, 0.717) is 0 Å². The molecule has 1 aliphatic carbocycles. The summed E-state index contributed by atoms with van der Waals surface area (Å²) in [5, 5.41) is 0. The lowest BCUT2D eigenvalue weighted by Gasteiger charge is -2.24. The topological polar surface area (TPSA) is 29.3 Å². The molecule has 0 bridgehead atoms. The molecule has 2 rings (SSSR count). The molecule has 0 atom stereocenters. The molecule has 1 aliphatic rings. The second kappa shape index (κ2) is 3.81. The highest BCUT2D eigenvalue weighted by molar-refractivity contribution is 9.10. The summed E-state index contributed by atoms with van der Waals surface area (Å²) >= 11 is 3.56. The number of hydrogen-bond acceptors (Lipinski definition) is 2. The average molecular weight is 255 g/mol. The lowest BCUT2D eigenvalue weighted by Crippen LogP contribution is -2.25. The van der Waals surface area contributed by atoms with E-state index < -0.39 is 0 Å². The number of benzene rings is 1. The molecule has 0 saturated heterocycles. The minimum atomic E-state index is 0.750. The standard InChI is InChI=1S/C11H15BrN2/c1-2-14(9-4-5-9)11-6-3-8(13)7-10(11)12/h3,6-7,9H,2,4-5,13H2,1H3. The van der Waals surface area contributed by atoms with Gasteiger partial charge >= 0.3 is 0 Å². The van der Waals surface area contributed by atoms with Crippen molar-refractivity contribution in [3.8, 4) is 0 Å². The number of nitrogen functional groups attached to an aromatic ring is 1. The van der Waals surface area contributed by atoms with Gasteiger partial charge in [0.05, 0.1) is 5.69 Å². The molecule has 0 amide bonds. The maximum atomic E-state index is 5.71. The number of nitrogens with zero attached hydrogens (tertiary/aromatic N) is 1. The van der Waals surface area contributed by atoms with Crippen LogP contribution in [0, 0.1) is 0 Å². The number of anilines is 2. The number of nitrogens with two attached hydrogens (primary N) is 1. The molecular formula is C11H15BrN2. The fraction of sp³-hybridized carbons (Fsp3) is 0.455. The first-order valence-corrected chi connectivity index (χ1v) is 5.83. The van der Waals surface area contributed by atoms with Crippen molar-refractivity contribution >= 4 is 27.3 Å². The van der Waals surface area contributed by atoms with Crippen LogP contribution in [0.15, 0.2) is 22.7 Å². The van der Waals surface area contributed by atoms with E-state index in [4.69, 9.17) is 5.73 Å². The Morgan fingerprint density at radius 3 is 2.71 bits per heavy atom. The van der Waals surface area contributed by atoms with E-state index in [1.54, 1.807) is 0 Å². The predicted molar refractivity (Wildman–Crippen MR) is 64.6 cm³/mol. The Morgan fingerprint density at radius 1 is 1.50 bits per heavy atom. The van der Waals surface area contributed by atoms with Gasteiger partial charge in [0.15, 0.2) is 0 Å². The molecular weight excluding hydrogens is 240 g/mol. The number of rotatable bonds is 3. The van der Waals surface area contributed by atoms with Gasteiger partial charge < -0.3 is 10.6 Å². The Morgan fingerprint density at radius 2 is 2.21 bits per heavy atom. The first-order chi connectivity index (χ1) is 6.72. The summed E-state index contributed by atoms with van der Waals surface area (Å²) in [5.41, 5.74) is 7.79. The van der Waals surface area contributed by atoms with Gasteiger partial charge in [0, 0.05) is 22.7 Å². The number of hydrogen-bond donors (Lipinski definition) is 1. The van der Waals surface area contributed by atoms with Gasteiger partial charge in [-0.1, -0.05) is 0 Å². The van der Waals surface area contributed by atoms with Crippen LogP contribution in [0.3, 0.4) is 0 Å². The second-order valence-electron chi connectivity index (χ2n) is 3.73. The number of halogens is 1. The molecule has 0 radical (unpaired) electrons. The Kier molecular flexibility index (Phi) is 2.68. The summed E-state index contributed by atoms with van der Waals surface area (Å²) < 4.78 is 1.10. The van der Waals surface area contributed by atoms with E-state index in [2.05, 4.69) is 33.8 Å². The van der Waals surface area contributed by atoms with Crippen LogP contribution < -0.4 is 10.6 Å². The van der Waals surface area contributed by atoms with Gasteiger partial charge in [0.2, 0.25) is 0 Å². The van der Waals surface area contributed by atoms with Crippen LogP contribution in [0.1, 0.15) is 19.8 Å². The van der Waals surface area contributed by atoms with Crippen molar-refractivity contribution in [3.05, 3.63) is 22.7 Å². The minimum absolute atomic E-state index is 0.750. The summed E-state index contributed by atoms with van der Waals surface area (Å²) in [7, 11) is 0. The third-order valence-electron chi connectivity index (χ3n) is 2.61. The molecule has 1 fully saturated rings. The smallest absolute Gasteiger partial charge is 0.0514 e. The molecule has 3 heteroatoms. The van der Waals surface area contributed by atoms with E-state index in [1.807, 2.05) is 12.1 Å². The van der Waals surface area contributed by atoms with Gasteiger partial charge in [0.1, 0.15) is 0 Å². The highest BCUT2D eigenvalue weighted by Gasteiger charge is 2.28. The van der Waals surface area contributed by atoms with E-state index >= 15 is 0 Å². The summed E-state index contributed by atoms with van der Waals surface area (Å²) in [6.45, 7) is 3.26. The first-order valence-electron chi connectivity index (χ1n) is 5.04. The zero-order valence-corrected chi connectivity index (χ0v) is 9.92. The summed E-state index contributed by atoms with van der Waals surface area (Å²) in [4.78, 5) is 2.43. The highest BCUT2D eigenvalue weighted by Crippen LogP contribution is 2.36. The molecule has 2 N–H and O–H groups in total. The highest BCUT2D eigenvalue weighted by atomic mass is 79.9. The molecule has 0 unspecified atom stereocenters. The minimum Gasteiger partial charge on any atom is -0.399 e. The first kappa shape index (κ1) is 9.84. The van der Waals surface area contributed by atoms with Gasteiger partial charge in [-0.15, -0.1) is 0 Å². The predicted octanol–water partition coefficient (Wildman–Crippen LogP) is 3.02. The van der Waals surface area contributed by atoms with Crippen molar-refractivity contribution in [3.63, 3.8) is 0 Å². The van der Waals surface area contributed by atoms with Crippen LogP contribution in [0.25, 0.3) is 0 Å². The Labute approximate surface area is 93.2 Å².